The molecule has 1 saturated carbocycles. The van der Waals surface area contributed by atoms with Crippen molar-refractivity contribution in [2.45, 2.75) is 46.1 Å². The molecule has 0 bridgehead atoms. The van der Waals surface area contributed by atoms with Gasteiger partial charge in [-0.1, -0.05) is 20.8 Å². The van der Waals surface area contributed by atoms with E-state index in [0.717, 1.165) is 18.9 Å². The number of aliphatic hydroxyl groups excluding tert-OH is 1. The Morgan fingerprint density at radius 1 is 1.36 bits per heavy atom. The number of hydrogen-bond acceptors (Lipinski definition) is 2. The third-order valence-corrected chi connectivity index (χ3v) is 3.05. The quantitative estimate of drug-likeness (QED) is 0.733. The first kappa shape index (κ1) is 12.0. The molecule has 1 N–H and O–H groups in total. The van der Waals surface area contributed by atoms with Gasteiger partial charge in [-0.3, -0.25) is 0 Å². The summed E-state index contributed by atoms with van der Waals surface area (Å²) in [5.41, 5.74) is 0.0282. The van der Waals surface area contributed by atoms with Crippen LogP contribution in [0.25, 0.3) is 0 Å². The first-order valence-corrected chi connectivity index (χ1v) is 5.76. The minimum Gasteiger partial charge on any atom is -0.393 e. The predicted molar refractivity (Wildman–Crippen MR) is 60.3 cm³/mol. The standard InChI is InChI=1S/C12H25NO/c1-12(2,3)11(14)7-8-13(4)9-10-5-6-10/h10-11,14H,5-9H2,1-4H3. The molecule has 0 aromatic heterocycles. The monoisotopic (exact) mass is 199 g/mol. The lowest BCUT2D eigenvalue weighted by molar-refractivity contribution is 0.0476. The van der Waals surface area contributed by atoms with Gasteiger partial charge in [0.1, 0.15) is 0 Å². The van der Waals surface area contributed by atoms with Crippen molar-refractivity contribution in [2.75, 3.05) is 20.1 Å². The summed E-state index contributed by atoms with van der Waals surface area (Å²) < 4.78 is 0. The lowest BCUT2D eigenvalue weighted by Crippen LogP contribution is -2.31. The fraction of sp³-hybridized carbons (Fsp3) is 1.00. The Labute approximate surface area is 88.3 Å². The first-order valence-electron chi connectivity index (χ1n) is 5.76. The van der Waals surface area contributed by atoms with Gasteiger partial charge >= 0.3 is 0 Å². The van der Waals surface area contributed by atoms with E-state index in [4.69, 9.17) is 0 Å². The molecule has 1 aliphatic carbocycles. The number of rotatable bonds is 5. The average Bonchev–Trinajstić information content (AvgIpc) is 2.82. The summed E-state index contributed by atoms with van der Waals surface area (Å²) in [6.45, 7) is 8.53. The van der Waals surface area contributed by atoms with Gasteiger partial charge in [0.05, 0.1) is 6.10 Å². The maximum Gasteiger partial charge on any atom is 0.0600 e. The summed E-state index contributed by atoms with van der Waals surface area (Å²) in [6, 6.07) is 0. The van der Waals surface area contributed by atoms with E-state index in [1.165, 1.54) is 19.4 Å². The molecule has 0 amide bonds. The fourth-order valence-corrected chi connectivity index (χ4v) is 1.61. The average molecular weight is 199 g/mol. The third kappa shape index (κ3) is 4.43. The van der Waals surface area contributed by atoms with E-state index in [0.29, 0.717) is 0 Å². The van der Waals surface area contributed by atoms with Gasteiger partial charge in [0.15, 0.2) is 0 Å². The molecule has 2 heteroatoms. The Kier molecular flexibility index (Phi) is 3.96. The zero-order valence-corrected chi connectivity index (χ0v) is 10.1. The molecule has 14 heavy (non-hydrogen) atoms. The second-order valence-electron chi connectivity index (χ2n) is 5.88. The summed E-state index contributed by atoms with van der Waals surface area (Å²) in [5, 5.41) is 9.86. The van der Waals surface area contributed by atoms with Gasteiger partial charge in [0.2, 0.25) is 0 Å². The van der Waals surface area contributed by atoms with Crippen LogP contribution in [-0.4, -0.2) is 36.2 Å². The third-order valence-electron chi connectivity index (χ3n) is 3.05. The van der Waals surface area contributed by atoms with Crippen LogP contribution < -0.4 is 0 Å². The molecule has 1 aliphatic rings. The number of hydrogen-bond donors (Lipinski definition) is 1. The summed E-state index contributed by atoms with van der Waals surface area (Å²) >= 11 is 0. The largest absolute Gasteiger partial charge is 0.393 e. The molecule has 0 saturated heterocycles. The molecular formula is C12H25NO. The van der Waals surface area contributed by atoms with Crippen molar-refractivity contribution in [1.29, 1.82) is 0 Å². The van der Waals surface area contributed by atoms with Crippen LogP contribution in [0.1, 0.15) is 40.0 Å². The molecule has 1 atom stereocenters. The SMILES string of the molecule is CN(CCC(O)C(C)(C)C)CC1CC1. The summed E-state index contributed by atoms with van der Waals surface area (Å²) in [5.74, 6) is 0.951. The Bertz CT molecular complexity index is 170. The van der Waals surface area contributed by atoms with Gasteiger partial charge in [-0.15, -0.1) is 0 Å². The molecule has 0 aliphatic heterocycles. The second-order valence-corrected chi connectivity index (χ2v) is 5.88. The van der Waals surface area contributed by atoms with Gasteiger partial charge in [0, 0.05) is 13.1 Å². The van der Waals surface area contributed by atoms with Crippen LogP contribution in [0, 0.1) is 11.3 Å². The maximum atomic E-state index is 9.86. The normalized spacial score (nSPS) is 20.1. The van der Waals surface area contributed by atoms with E-state index >= 15 is 0 Å². The topological polar surface area (TPSA) is 23.5 Å². The Balaban J connectivity index is 2.11. The van der Waals surface area contributed by atoms with Crippen molar-refractivity contribution < 1.29 is 5.11 Å². The lowest BCUT2D eigenvalue weighted by Gasteiger charge is -2.27. The zero-order chi connectivity index (χ0) is 10.8. The summed E-state index contributed by atoms with van der Waals surface area (Å²) in [7, 11) is 2.16. The number of nitrogens with zero attached hydrogens (tertiary/aromatic N) is 1. The van der Waals surface area contributed by atoms with Crippen LogP contribution in [0.15, 0.2) is 0 Å². The van der Waals surface area contributed by atoms with Crippen LogP contribution in [-0.2, 0) is 0 Å². The van der Waals surface area contributed by atoms with Crippen LogP contribution in [0.5, 0.6) is 0 Å². The molecule has 0 aromatic rings. The first-order chi connectivity index (χ1) is 6.39. The van der Waals surface area contributed by atoms with E-state index in [1.807, 2.05) is 0 Å². The van der Waals surface area contributed by atoms with Gasteiger partial charge < -0.3 is 10.0 Å². The zero-order valence-electron chi connectivity index (χ0n) is 10.1. The fourth-order valence-electron chi connectivity index (χ4n) is 1.61. The van der Waals surface area contributed by atoms with Gasteiger partial charge in [0.25, 0.3) is 0 Å². The molecule has 84 valence electrons. The molecule has 0 radical (unpaired) electrons. The maximum absolute atomic E-state index is 9.86. The molecular weight excluding hydrogens is 174 g/mol. The second kappa shape index (κ2) is 4.63. The highest BCUT2D eigenvalue weighted by Gasteiger charge is 2.25. The smallest absolute Gasteiger partial charge is 0.0600 e. The van der Waals surface area contributed by atoms with Crippen LogP contribution in [0.3, 0.4) is 0 Å². The lowest BCUT2D eigenvalue weighted by atomic mass is 9.87. The van der Waals surface area contributed by atoms with E-state index in [9.17, 15) is 5.11 Å². The van der Waals surface area contributed by atoms with Crippen LogP contribution in [0.2, 0.25) is 0 Å². The molecule has 1 fully saturated rings. The molecule has 0 heterocycles. The molecule has 0 spiro atoms. The van der Waals surface area contributed by atoms with Crippen molar-refractivity contribution in [3.8, 4) is 0 Å². The molecule has 1 rings (SSSR count). The Morgan fingerprint density at radius 3 is 2.36 bits per heavy atom. The number of aliphatic hydroxyl groups is 1. The van der Waals surface area contributed by atoms with Gasteiger partial charge in [-0.05, 0) is 37.6 Å². The van der Waals surface area contributed by atoms with Gasteiger partial charge in [-0.2, -0.15) is 0 Å². The molecule has 0 aromatic carbocycles. The van der Waals surface area contributed by atoms with Gasteiger partial charge in [-0.25, -0.2) is 0 Å². The van der Waals surface area contributed by atoms with Crippen molar-refractivity contribution >= 4 is 0 Å². The van der Waals surface area contributed by atoms with E-state index in [2.05, 4.69) is 32.7 Å². The summed E-state index contributed by atoms with van der Waals surface area (Å²) in [4.78, 5) is 2.35. The Morgan fingerprint density at radius 2 is 1.93 bits per heavy atom. The van der Waals surface area contributed by atoms with E-state index in [1.54, 1.807) is 0 Å². The predicted octanol–water partition coefficient (Wildman–Crippen LogP) is 2.13. The minimum atomic E-state index is -0.177. The minimum absolute atomic E-state index is 0.0282. The molecule has 1 unspecified atom stereocenters. The highest BCUT2D eigenvalue weighted by Crippen LogP contribution is 2.29. The Hall–Kier alpha value is -0.0800. The van der Waals surface area contributed by atoms with Crippen molar-refractivity contribution in [3.05, 3.63) is 0 Å². The molecule has 2 nitrogen and oxygen atoms in total. The van der Waals surface area contributed by atoms with Crippen LogP contribution in [0.4, 0.5) is 0 Å². The van der Waals surface area contributed by atoms with E-state index in [-0.39, 0.29) is 11.5 Å². The highest BCUT2D eigenvalue weighted by atomic mass is 16.3. The van der Waals surface area contributed by atoms with Crippen molar-refractivity contribution in [1.82, 2.24) is 4.90 Å². The van der Waals surface area contributed by atoms with Crippen LogP contribution >= 0.6 is 0 Å². The highest BCUT2D eigenvalue weighted by molar-refractivity contribution is 4.78. The van der Waals surface area contributed by atoms with Crippen molar-refractivity contribution in [2.24, 2.45) is 11.3 Å². The van der Waals surface area contributed by atoms with Crippen molar-refractivity contribution in [3.63, 3.8) is 0 Å². The summed E-state index contributed by atoms with van der Waals surface area (Å²) in [6.07, 6.45) is 3.54. The van der Waals surface area contributed by atoms with E-state index < -0.39 is 0 Å².